The van der Waals surface area contributed by atoms with E-state index in [2.05, 4.69) is 6.92 Å². The molecule has 0 aromatic rings. The number of ether oxygens (including phenoxy) is 1. The third-order valence-electron chi connectivity index (χ3n) is 5.05. The minimum Gasteiger partial charge on any atom is -0.376 e. The molecule has 2 rings (SSSR count). The van der Waals surface area contributed by atoms with Crippen molar-refractivity contribution in [3.63, 3.8) is 0 Å². The fourth-order valence-corrected chi connectivity index (χ4v) is 3.71. The zero-order chi connectivity index (χ0) is 12.8. The molecule has 0 saturated heterocycles. The Morgan fingerprint density at radius 1 is 1.00 bits per heavy atom. The Morgan fingerprint density at radius 3 is 2.33 bits per heavy atom. The van der Waals surface area contributed by atoms with Gasteiger partial charge in [-0.2, -0.15) is 0 Å². The Bertz CT molecular complexity index is 233. The predicted molar refractivity (Wildman–Crippen MR) is 76.6 cm³/mol. The number of rotatable bonds is 4. The van der Waals surface area contributed by atoms with Gasteiger partial charge in [-0.05, 0) is 31.6 Å². The van der Waals surface area contributed by atoms with Crippen LogP contribution in [-0.2, 0) is 4.74 Å². The summed E-state index contributed by atoms with van der Waals surface area (Å²) in [4.78, 5) is 0. The first-order chi connectivity index (χ1) is 8.73. The van der Waals surface area contributed by atoms with Gasteiger partial charge in [0.25, 0.3) is 0 Å². The summed E-state index contributed by atoms with van der Waals surface area (Å²) in [6, 6.07) is 0. The van der Waals surface area contributed by atoms with E-state index < -0.39 is 0 Å². The van der Waals surface area contributed by atoms with Gasteiger partial charge in [-0.25, -0.2) is 0 Å². The van der Waals surface area contributed by atoms with Gasteiger partial charge in [-0.3, -0.25) is 0 Å². The van der Waals surface area contributed by atoms with Crippen LogP contribution in [0.4, 0.5) is 0 Å². The van der Waals surface area contributed by atoms with E-state index in [0.29, 0.717) is 6.10 Å². The number of hydrogen-bond donors (Lipinski definition) is 1. The molecular weight excluding hydrogens is 222 g/mol. The van der Waals surface area contributed by atoms with Crippen LogP contribution in [0.5, 0.6) is 0 Å². The van der Waals surface area contributed by atoms with Crippen LogP contribution < -0.4 is 5.73 Å². The lowest BCUT2D eigenvalue weighted by Gasteiger charge is -2.35. The highest BCUT2D eigenvalue weighted by atomic mass is 16.5. The van der Waals surface area contributed by atoms with Crippen LogP contribution in [0.3, 0.4) is 0 Å². The molecule has 2 unspecified atom stereocenters. The van der Waals surface area contributed by atoms with Crippen molar-refractivity contribution in [3.05, 3.63) is 0 Å². The molecule has 0 heterocycles. The Labute approximate surface area is 113 Å². The second-order valence-electron chi connectivity index (χ2n) is 6.58. The van der Waals surface area contributed by atoms with E-state index in [1.807, 2.05) is 0 Å². The van der Waals surface area contributed by atoms with Crippen LogP contribution in [0.15, 0.2) is 0 Å². The van der Waals surface area contributed by atoms with Crippen molar-refractivity contribution >= 4 is 0 Å². The molecule has 0 aromatic carbocycles. The van der Waals surface area contributed by atoms with Crippen LogP contribution in [0.25, 0.3) is 0 Å². The average Bonchev–Trinajstić information content (AvgIpc) is 2.62. The van der Waals surface area contributed by atoms with Gasteiger partial charge in [0.05, 0.1) is 12.7 Å². The van der Waals surface area contributed by atoms with Crippen molar-refractivity contribution in [3.8, 4) is 0 Å². The fourth-order valence-electron chi connectivity index (χ4n) is 3.71. The summed E-state index contributed by atoms with van der Waals surface area (Å²) in [5.41, 5.74) is 6.52. The first-order valence-corrected chi connectivity index (χ1v) is 8.14. The Morgan fingerprint density at radius 2 is 1.67 bits per heavy atom. The summed E-state index contributed by atoms with van der Waals surface area (Å²) in [5, 5.41) is 0. The van der Waals surface area contributed by atoms with Crippen molar-refractivity contribution < 1.29 is 4.74 Å². The molecule has 0 aromatic heterocycles. The van der Waals surface area contributed by atoms with Crippen molar-refractivity contribution in [2.45, 2.75) is 89.2 Å². The third kappa shape index (κ3) is 3.96. The molecule has 0 aliphatic heterocycles. The lowest BCUT2D eigenvalue weighted by molar-refractivity contribution is -0.0364. The highest BCUT2D eigenvalue weighted by Gasteiger charge is 2.30. The Balaban J connectivity index is 1.81. The second-order valence-corrected chi connectivity index (χ2v) is 6.58. The van der Waals surface area contributed by atoms with Crippen LogP contribution in [0.2, 0.25) is 0 Å². The second kappa shape index (κ2) is 6.91. The summed E-state index contributed by atoms with van der Waals surface area (Å²) in [6.07, 6.45) is 14.8. The molecule has 0 amide bonds. The molecule has 0 radical (unpaired) electrons. The summed E-state index contributed by atoms with van der Waals surface area (Å²) in [5.74, 6) is 0.785. The Kier molecular flexibility index (Phi) is 5.50. The zero-order valence-electron chi connectivity index (χ0n) is 12.1. The van der Waals surface area contributed by atoms with Crippen molar-refractivity contribution in [1.29, 1.82) is 0 Å². The smallest absolute Gasteiger partial charge is 0.0650 e. The lowest BCUT2D eigenvalue weighted by Crippen LogP contribution is -2.46. The van der Waals surface area contributed by atoms with Gasteiger partial charge in [0.1, 0.15) is 0 Å². The van der Waals surface area contributed by atoms with Gasteiger partial charge in [-0.1, -0.05) is 51.9 Å². The molecule has 0 spiro atoms. The maximum Gasteiger partial charge on any atom is 0.0650 e. The van der Waals surface area contributed by atoms with E-state index >= 15 is 0 Å². The average molecular weight is 253 g/mol. The van der Waals surface area contributed by atoms with E-state index in [0.717, 1.165) is 25.4 Å². The zero-order valence-corrected chi connectivity index (χ0v) is 12.1. The minimum absolute atomic E-state index is 0.0216. The molecule has 2 saturated carbocycles. The molecule has 2 aliphatic rings. The molecule has 2 N–H and O–H groups in total. The van der Waals surface area contributed by atoms with Gasteiger partial charge < -0.3 is 10.5 Å². The van der Waals surface area contributed by atoms with Crippen molar-refractivity contribution in [2.75, 3.05) is 6.61 Å². The maximum atomic E-state index is 6.54. The van der Waals surface area contributed by atoms with Gasteiger partial charge in [-0.15, -0.1) is 0 Å². The van der Waals surface area contributed by atoms with Crippen LogP contribution in [-0.4, -0.2) is 18.2 Å². The molecule has 2 nitrogen and oxygen atoms in total. The molecule has 2 aliphatic carbocycles. The van der Waals surface area contributed by atoms with Gasteiger partial charge in [0.15, 0.2) is 0 Å². The van der Waals surface area contributed by atoms with Crippen molar-refractivity contribution in [1.82, 2.24) is 0 Å². The first-order valence-electron chi connectivity index (χ1n) is 8.14. The standard InChI is InChI=1S/C16H31NO/c1-2-14-9-5-6-10-15(14)18-13-16(17)11-7-3-4-8-12-16/h14-15H,2-13,17H2,1H3. The molecule has 0 bridgehead atoms. The molecule has 2 heteroatoms. The number of nitrogens with two attached hydrogens (primary N) is 1. The third-order valence-corrected chi connectivity index (χ3v) is 5.05. The van der Waals surface area contributed by atoms with Gasteiger partial charge in [0, 0.05) is 5.54 Å². The van der Waals surface area contributed by atoms with E-state index in [1.165, 1.54) is 57.8 Å². The maximum absolute atomic E-state index is 6.54. The highest BCUT2D eigenvalue weighted by Crippen LogP contribution is 2.31. The van der Waals surface area contributed by atoms with E-state index in [1.54, 1.807) is 0 Å². The summed E-state index contributed by atoms with van der Waals surface area (Å²) in [6.45, 7) is 3.10. The lowest BCUT2D eigenvalue weighted by atomic mass is 9.84. The number of hydrogen-bond acceptors (Lipinski definition) is 2. The minimum atomic E-state index is -0.0216. The van der Waals surface area contributed by atoms with Crippen LogP contribution in [0.1, 0.15) is 77.6 Å². The summed E-state index contributed by atoms with van der Waals surface area (Å²) >= 11 is 0. The molecule has 106 valence electrons. The van der Waals surface area contributed by atoms with E-state index in [4.69, 9.17) is 10.5 Å². The van der Waals surface area contributed by atoms with Crippen LogP contribution >= 0.6 is 0 Å². The first kappa shape index (κ1) is 14.3. The quantitative estimate of drug-likeness (QED) is 0.768. The largest absolute Gasteiger partial charge is 0.376 e. The monoisotopic (exact) mass is 253 g/mol. The van der Waals surface area contributed by atoms with E-state index in [-0.39, 0.29) is 5.54 Å². The Hall–Kier alpha value is -0.0800. The highest BCUT2D eigenvalue weighted by molar-refractivity contribution is 4.87. The predicted octanol–water partition coefficient (Wildman–Crippen LogP) is 4.02. The topological polar surface area (TPSA) is 35.2 Å². The molecule has 2 fully saturated rings. The molecular formula is C16H31NO. The van der Waals surface area contributed by atoms with Crippen LogP contribution in [0, 0.1) is 5.92 Å². The normalized spacial score (nSPS) is 33.0. The summed E-state index contributed by atoms with van der Waals surface area (Å²) < 4.78 is 6.26. The SMILES string of the molecule is CCC1CCCCC1OCC1(N)CCCCCC1. The van der Waals surface area contributed by atoms with Crippen molar-refractivity contribution in [2.24, 2.45) is 11.7 Å². The van der Waals surface area contributed by atoms with E-state index in [9.17, 15) is 0 Å². The summed E-state index contributed by atoms with van der Waals surface area (Å²) in [7, 11) is 0. The molecule has 18 heavy (non-hydrogen) atoms. The van der Waals surface area contributed by atoms with Gasteiger partial charge in [0.2, 0.25) is 0 Å². The van der Waals surface area contributed by atoms with Gasteiger partial charge >= 0.3 is 0 Å². The molecule has 2 atom stereocenters. The fraction of sp³-hybridized carbons (Fsp3) is 1.00.